The van der Waals surface area contributed by atoms with E-state index < -0.39 is 0 Å². The molecule has 0 aliphatic heterocycles. The molecule has 56 heavy (non-hydrogen) atoms. The number of aromatic nitrogens is 3. The fourth-order valence-corrected chi connectivity index (χ4v) is 9.92. The molecule has 4 heterocycles. The van der Waals surface area contributed by atoms with Crippen LogP contribution in [0, 0.1) is 0 Å². The van der Waals surface area contributed by atoms with Crippen molar-refractivity contribution in [1.29, 1.82) is 0 Å². The summed E-state index contributed by atoms with van der Waals surface area (Å²) in [4.78, 5) is 14.8. The molecule has 0 bridgehead atoms. The molecule has 0 N–H and O–H groups in total. The lowest BCUT2D eigenvalue weighted by Crippen LogP contribution is -1.96. The molecule has 11 aromatic rings. The molecule has 0 radical (unpaired) electrons. The highest BCUT2D eigenvalue weighted by Gasteiger charge is 2.16. The first-order valence-electron chi connectivity index (χ1n) is 18.6. The molecule has 0 amide bonds. The third kappa shape index (κ3) is 5.86. The average Bonchev–Trinajstić information content (AvgIpc) is 3.84. The highest BCUT2D eigenvalue weighted by atomic mass is 32.1. The minimum Gasteiger partial charge on any atom is -0.264 e. The number of hydrogen-bond donors (Lipinski definition) is 0. The van der Waals surface area contributed by atoms with Crippen molar-refractivity contribution in [3.8, 4) is 67.3 Å². The summed E-state index contributed by atoms with van der Waals surface area (Å²) in [5, 5.41) is 5.16. The molecular formula is C51H31N3S2. The van der Waals surface area contributed by atoms with E-state index in [1.165, 1.54) is 51.5 Å². The quantitative estimate of drug-likeness (QED) is 0.170. The van der Waals surface area contributed by atoms with Gasteiger partial charge in [0, 0.05) is 69.4 Å². The lowest BCUT2D eigenvalue weighted by atomic mass is 9.93. The van der Waals surface area contributed by atoms with Crippen LogP contribution < -0.4 is 0 Å². The first-order chi connectivity index (χ1) is 27.7. The van der Waals surface area contributed by atoms with Gasteiger partial charge in [-0.1, -0.05) is 109 Å². The summed E-state index contributed by atoms with van der Waals surface area (Å²) in [6, 6.07) is 63.2. The Morgan fingerprint density at radius 1 is 0.304 bits per heavy atom. The summed E-state index contributed by atoms with van der Waals surface area (Å²) < 4.78 is 5.20. The van der Waals surface area contributed by atoms with Crippen LogP contribution in [-0.4, -0.2) is 15.0 Å². The zero-order valence-corrected chi connectivity index (χ0v) is 31.7. The van der Waals surface area contributed by atoms with Crippen molar-refractivity contribution in [2.24, 2.45) is 0 Å². The zero-order chi connectivity index (χ0) is 37.0. The van der Waals surface area contributed by atoms with Gasteiger partial charge in [0.1, 0.15) is 0 Å². The van der Waals surface area contributed by atoms with E-state index in [0.717, 1.165) is 50.3 Å². The van der Waals surface area contributed by atoms with Crippen LogP contribution in [0.25, 0.3) is 108 Å². The van der Waals surface area contributed by atoms with E-state index >= 15 is 0 Å². The number of pyridine rings is 1. The second kappa shape index (κ2) is 13.5. The van der Waals surface area contributed by atoms with Crippen molar-refractivity contribution in [2.45, 2.75) is 0 Å². The summed E-state index contributed by atoms with van der Waals surface area (Å²) >= 11 is 3.70. The van der Waals surface area contributed by atoms with Gasteiger partial charge in [0.05, 0.1) is 11.4 Å². The van der Waals surface area contributed by atoms with E-state index in [4.69, 9.17) is 9.97 Å². The van der Waals surface area contributed by atoms with Crippen molar-refractivity contribution in [1.82, 2.24) is 15.0 Å². The Labute approximate surface area is 331 Å². The largest absolute Gasteiger partial charge is 0.264 e. The average molecular weight is 750 g/mol. The van der Waals surface area contributed by atoms with Gasteiger partial charge in [-0.15, -0.1) is 22.7 Å². The molecule has 0 saturated carbocycles. The number of rotatable bonds is 6. The molecule has 3 nitrogen and oxygen atoms in total. The number of benzene rings is 7. The van der Waals surface area contributed by atoms with Crippen LogP contribution in [0.15, 0.2) is 188 Å². The molecule has 0 aliphatic carbocycles. The monoisotopic (exact) mass is 749 g/mol. The van der Waals surface area contributed by atoms with E-state index in [0.29, 0.717) is 5.82 Å². The standard InChI is InChI=1S/C51H31N3S2/c1-2-9-34(10-3-1)51-53-45(33-18-16-32(17-19-33)37-11-8-24-52-31-37)30-46(54-51)40-26-38(35-20-22-49-43(28-35)41-12-4-6-14-47(41)55-49)25-39(27-40)36-21-23-50-44(29-36)42-13-5-7-15-48(42)56-50/h1-31H. The molecule has 7 aromatic carbocycles. The van der Waals surface area contributed by atoms with E-state index in [1.54, 1.807) is 6.20 Å². The molecule has 262 valence electrons. The first kappa shape index (κ1) is 32.6. The smallest absolute Gasteiger partial charge is 0.160 e. The van der Waals surface area contributed by atoms with Gasteiger partial charge in [-0.25, -0.2) is 9.97 Å². The summed E-state index contributed by atoms with van der Waals surface area (Å²) in [6.45, 7) is 0. The van der Waals surface area contributed by atoms with Gasteiger partial charge in [-0.2, -0.15) is 0 Å². The molecule has 0 spiro atoms. The fraction of sp³-hybridized carbons (Fsp3) is 0. The van der Waals surface area contributed by atoms with Crippen LogP contribution in [0.5, 0.6) is 0 Å². The van der Waals surface area contributed by atoms with E-state index in [9.17, 15) is 0 Å². The lowest BCUT2D eigenvalue weighted by molar-refractivity contribution is 1.18. The Balaban J connectivity index is 1.11. The lowest BCUT2D eigenvalue weighted by Gasteiger charge is -2.14. The van der Waals surface area contributed by atoms with Crippen LogP contribution in [0.3, 0.4) is 0 Å². The minimum absolute atomic E-state index is 0.693. The van der Waals surface area contributed by atoms with Crippen molar-refractivity contribution >= 4 is 63.0 Å². The topological polar surface area (TPSA) is 38.7 Å². The molecule has 0 fully saturated rings. The normalized spacial score (nSPS) is 11.6. The molecule has 4 aromatic heterocycles. The number of fused-ring (bicyclic) bond motifs is 6. The van der Waals surface area contributed by atoms with Crippen LogP contribution in [0.1, 0.15) is 0 Å². The van der Waals surface area contributed by atoms with Crippen molar-refractivity contribution < 1.29 is 0 Å². The summed E-state index contributed by atoms with van der Waals surface area (Å²) in [7, 11) is 0. The van der Waals surface area contributed by atoms with Crippen LogP contribution in [0.4, 0.5) is 0 Å². The SMILES string of the molecule is c1ccc(-c2nc(-c3ccc(-c4cccnc4)cc3)cc(-c3cc(-c4ccc5sc6ccccc6c5c4)cc(-c4ccc5sc6ccccc6c5c4)c3)n2)cc1. The van der Waals surface area contributed by atoms with Crippen LogP contribution in [-0.2, 0) is 0 Å². The maximum atomic E-state index is 5.28. The molecule has 0 atom stereocenters. The Hall–Kier alpha value is -6.79. The highest BCUT2D eigenvalue weighted by Crippen LogP contribution is 2.41. The maximum Gasteiger partial charge on any atom is 0.160 e. The van der Waals surface area contributed by atoms with Crippen molar-refractivity contribution in [3.05, 3.63) is 188 Å². The predicted molar refractivity (Wildman–Crippen MR) is 238 cm³/mol. The van der Waals surface area contributed by atoms with Gasteiger partial charge in [-0.3, -0.25) is 4.98 Å². The van der Waals surface area contributed by atoms with Crippen LogP contribution in [0.2, 0.25) is 0 Å². The van der Waals surface area contributed by atoms with Crippen molar-refractivity contribution in [2.75, 3.05) is 0 Å². The molecule has 11 rings (SSSR count). The Morgan fingerprint density at radius 3 is 1.41 bits per heavy atom. The van der Waals surface area contributed by atoms with E-state index in [2.05, 4.69) is 157 Å². The Kier molecular flexibility index (Phi) is 7.87. The van der Waals surface area contributed by atoms with Crippen LogP contribution >= 0.6 is 22.7 Å². The number of hydrogen-bond acceptors (Lipinski definition) is 5. The molecule has 0 unspecified atom stereocenters. The van der Waals surface area contributed by atoms with E-state index in [-0.39, 0.29) is 0 Å². The predicted octanol–water partition coefficient (Wildman–Crippen LogP) is 14.6. The van der Waals surface area contributed by atoms with Gasteiger partial charge < -0.3 is 0 Å². The fourth-order valence-electron chi connectivity index (χ4n) is 7.75. The van der Waals surface area contributed by atoms with Gasteiger partial charge in [0.25, 0.3) is 0 Å². The zero-order valence-electron chi connectivity index (χ0n) is 30.1. The van der Waals surface area contributed by atoms with Gasteiger partial charge in [0.2, 0.25) is 0 Å². The third-order valence-electron chi connectivity index (χ3n) is 10.6. The van der Waals surface area contributed by atoms with Gasteiger partial charge in [0.15, 0.2) is 5.82 Å². The Morgan fingerprint density at radius 2 is 0.804 bits per heavy atom. The second-order valence-corrected chi connectivity index (χ2v) is 16.2. The second-order valence-electron chi connectivity index (χ2n) is 14.1. The minimum atomic E-state index is 0.693. The summed E-state index contributed by atoms with van der Waals surface area (Å²) in [5.74, 6) is 0.693. The molecular weight excluding hydrogens is 719 g/mol. The Bertz CT molecular complexity index is 3110. The van der Waals surface area contributed by atoms with Gasteiger partial charge in [-0.05, 0) is 100 Å². The first-order valence-corrected chi connectivity index (χ1v) is 20.3. The summed E-state index contributed by atoms with van der Waals surface area (Å²) in [6.07, 6.45) is 3.70. The number of nitrogens with zero attached hydrogens (tertiary/aromatic N) is 3. The third-order valence-corrected chi connectivity index (χ3v) is 12.9. The maximum absolute atomic E-state index is 5.28. The number of thiophene rings is 2. The molecule has 0 saturated heterocycles. The van der Waals surface area contributed by atoms with Gasteiger partial charge >= 0.3 is 0 Å². The van der Waals surface area contributed by atoms with E-state index in [1.807, 2.05) is 53.1 Å². The van der Waals surface area contributed by atoms with Crippen molar-refractivity contribution in [3.63, 3.8) is 0 Å². The molecule has 0 aliphatic rings. The molecule has 5 heteroatoms. The highest BCUT2D eigenvalue weighted by molar-refractivity contribution is 7.26. The summed E-state index contributed by atoms with van der Waals surface area (Å²) in [5.41, 5.74) is 11.6.